The van der Waals surface area contributed by atoms with E-state index in [2.05, 4.69) is 5.32 Å². The molecule has 29 heavy (non-hydrogen) atoms. The number of anilines is 1. The Labute approximate surface area is 170 Å². The third kappa shape index (κ3) is 6.56. The summed E-state index contributed by atoms with van der Waals surface area (Å²) in [5.74, 6) is -0.189. The minimum atomic E-state index is -3.65. The number of carbonyl (C=O) groups is 1. The predicted molar refractivity (Wildman–Crippen MR) is 112 cm³/mol. The number of hydrogen-bond acceptors (Lipinski definition) is 5. The molecule has 0 fully saturated rings. The van der Waals surface area contributed by atoms with Crippen molar-refractivity contribution in [1.82, 2.24) is 5.32 Å². The number of non-ortho nitro benzene ring substituents is 1. The Kier molecular flexibility index (Phi) is 7.33. The molecule has 1 N–H and O–H groups in total. The quantitative estimate of drug-likeness (QED) is 0.495. The van der Waals surface area contributed by atoms with Crippen molar-refractivity contribution in [1.29, 1.82) is 0 Å². The van der Waals surface area contributed by atoms with Crippen LogP contribution in [0.5, 0.6) is 0 Å². The minimum absolute atomic E-state index is 0.0479. The van der Waals surface area contributed by atoms with E-state index < -0.39 is 14.9 Å². The molecule has 2 rings (SSSR count). The summed E-state index contributed by atoms with van der Waals surface area (Å²) in [6.45, 7) is 3.92. The van der Waals surface area contributed by atoms with E-state index in [4.69, 9.17) is 0 Å². The number of hydrogen-bond donors (Lipinski definition) is 1. The highest BCUT2D eigenvalue weighted by molar-refractivity contribution is 7.92. The number of nitro groups is 1. The third-order valence-electron chi connectivity index (χ3n) is 4.45. The van der Waals surface area contributed by atoms with Gasteiger partial charge in [-0.25, -0.2) is 8.42 Å². The number of rotatable bonds is 9. The maximum absolute atomic E-state index is 12.2. The van der Waals surface area contributed by atoms with Crippen LogP contribution < -0.4 is 9.62 Å². The second kappa shape index (κ2) is 9.51. The van der Waals surface area contributed by atoms with Crippen molar-refractivity contribution in [2.24, 2.45) is 0 Å². The molecule has 0 aliphatic heterocycles. The highest BCUT2D eigenvalue weighted by atomic mass is 32.2. The molecule has 0 saturated carbocycles. The average molecular weight is 420 g/mol. The zero-order chi connectivity index (χ0) is 21.6. The number of nitrogens with one attached hydrogen (secondary N) is 1. The number of carbonyl (C=O) groups excluding carboxylic acids is 1. The van der Waals surface area contributed by atoms with Gasteiger partial charge in [0.05, 0.1) is 22.9 Å². The van der Waals surface area contributed by atoms with Gasteiger partial charge in [-0.1, -0.05) is 35.9 Å². The average Bonchev–Trinajstić information content (AvgIpc) is 2.64. The fourth-order valence-electron chi connectivity index (χ4n) is 2.88. The molecule has 0 aliphatic rings. The fourth-order valence-corrected chi connectivity index (χ4v) is 3.84. The first-order valence-electron chi connectivity index (χ1n) is 9.16. The van der Waals surface area contributed by atoms with E-state index in [1.165, 1.54) is 24.3 Å². The van der Waals surface area contributed by atoms with Crippen LogP contribution in [-0.2, 0) is 14.8 Å². The number of aryl methyl sites for hydroxylation is 1. The maximum Gasteiger partial charge on any atom is 0.271 e. The molecule has 156 valence electrons. The molecule has 2 aromatic carbocycles. The Morgan fingerprint density at radius 3 is 2.45 bits per heavy atom. The van der Waals surface area contributed by atoms with Gasteiger partial charge in [0.25, 0.3) is 5.69 Å². The summed E-state index contributed by atoms with van der Waals surface area (Å²) in [6.07, 6.45) is 1.45. The van der Waals surface area contributed by atoms with Crippen molar-refractivity contribution in [3.8, 4) is 0 Å². The van der Waals surface area contributed by atoms with E-state index >= 15 is 0 Å². The summed E-state index contributed by atoms with van der Waals surface area (Å²) in [5, 5.41) is 13.8. The first-order chi connectivity index (χ1) is 13.6. The Balaban J connectivity index is 1.98. The van der Waals surface area contributed by atoms with E-state index in [9.17, 15) is 23.3 Å². The highest BCUT2D eigenvalue weighted by Gasteiger charge is 2.20. The van der Waals surface area contributed by atoms with Crippen LogP contribution in [0.15, 0.2) is 48.5 Å². The molecule has 0 spiro atoms. The summed E-state index contributed by atoms with van der Waals surface area (Å²) in [7, 11) is -3.65. The van der Waals surface area contributed by atoms with E-state index in [1.807, 2.05) is 38.1 Å². The molecular formula is C20H25N3O5S. The van der Waals surface area contributed by atoms with Crippen molar-refractivity contribution < 1.29 is 18.1 Å². The molecule has 1 atom stereocenters. The Bertz CT molecular complexity index is 974. The smallest absolute Gasteiger partial charge is 0.271 e. The van der Waals surface area contributed by atoms with E-state index in [1.54, 1.807) is 0 Å². The molecule has 0 bridgehead atoms. The predicted octanol–water partition coefficient (Wildman–Crippen LogP) is 3.33. The van der Waals surface area contributed by atoms with Crippen LogP contribution in [0.1, 0.15) is 36.9 Å². The monoisotopic (exact) mass is 419 g/mol. The standard InChI is InChI=1S/C20H25N3O5S/c1-15-9-11-17(12-10-15)16(2)21-20(24)8-5-13-22(29(3,27)28)18-6-4-7-19(14-18)23(25)26/h4,6-7,9-12,14,16H,5,8,13H2,1-3H3,(H,21,24)/t16-/m1/s1. The lowest BCUT2D eigenvalue weighted by atomic mass is 10.1. The van der Waals surface area contributed by atoms with Gasteiger partial charge >= 0.3 is 0 Å². The van der Waals surface area contributed by atoms with E-state index in [-0.39, 0.29) is 42.7 Å². The zero-order valence-electron chi connectivity index (χ0n) is 16.7. The van der Waals surface area contributed by atoms with Crippen LogP contribution in [0.4, 0.5) is 11.4 Å². The highest BCUT2D eigenvalue weighted by Crippen LogP contribution is 2.23. The number of nitro benzene ring substituents is 1. The molecule has 9 heteroatoms. The van der Waals surface area contributed by atoms with Crippen LogP contribution in [-0.4, -0.2) is 32.0 Å². The number of sulfonamides is 1. The van der Waals surface area contributed by atoms with Gasteiger partial charge in [-0.05, 0) is 31.9 Å². The van der Waals surface area contributed by atoms with E-state index in [0.29, 0.717) is 0 Å². The number of nitrogens with zero attached hydrogens (tertiary/aromatic N) is 2. The van der Waals surface area contributed by atoms with Crippen LogP contribution in [0, 0.1) is 17.0 Å². The molecule has 1 amide bonds. The lowest BCUT2D eigenvalue weighted by Crippen LogP contribution is -2.32. The maximum atomic E-state index is 12.2. The van der Waals surface area contributed by atoms with Gasteiger partial charge in [-0.3, -0.25) is 19.2 Å². The second-order valence-corrected chi connectivity index (χ2v) is 8.82. The molecule has 0 heterocycles. The molecule has 0 aromatic heterocycles. The summed E-state index contributed by atoms with van der Waals surface area (Å²) < 4.78 is 25.3. The largest absolute Gasteiger partial charge is 0.350 e. The number of amides is 1. The van der Waals surface area contributed by atoms with E-state index in [0.717, 1.165) is 21.7 Å². The van der Waals surface area contributed by atoms with Gasteiger partial charge in [-0.2, -0.15) is 0 Å². The normalized spacial score (nSPS) is 12.2. The van der Waals surface area contributed by atoms with Crippen LogP contribution in [0.2, 0.25) is 0 Å². The molecule has 2 aromatic rings. The third-order valence-corrected chi connectivity index (χ3v) is 5.64. The molecule has 0 saturated heterocycles. The van der Waals surface area contributed by atoms with Gasteiger partial charge < -0.3 is 5.32 Å². The lowest BCUT2D eigenvalue weighted by Gasteiger charge is -2.22. The molecule has 0 radical (unpaired) electrons. The number of benzene rings is 2. The first-order valence-corrected chi connectivity index (χ1v) is 11.0. The first kappa shape index (κ1) is 22.4. The fraction of sp³-hybridized carbons (Fsp3) is 0.350. The topological polar surface area (TPSA) is 110 Å². The van der Waals surface area contributed by atoms with Crippen LogP contribution in [0.3, 0.4) is 0 Å². The summed E-state index contributed by atoms with van der Waals surface area (Å²) >= 11 is 0. The van der Waals surface area contributed by atoms with Gasteiger partial charge in [0.2, 0.25) is 15.9 Å². The van der Waals surface area contributed by atoms with Gasteiger partial charge in [0.15, 0.2) is 0 Å². The summed E-state index contributed by atoms with van der Waals surface area (Å²) in [6, 6.07) is 13.1. The van der Waals surface area contributed by atoms with Crippen molar-refractivity contribution in [2.45, 2.75) is 32.7 Å². The Hall–Kier alpha value is -2.94. The zero-order valence-corrected chi connectivity index (χ0v) is 17.5. The lowest BCUT2D eigenvalue weighted by molar-refractivity contribution is -0.384. The van der Waals surface area contributed by atoms with Crippen molar-refractivity contribution in [2.75, 3.05) is 17.1 Å². The Morgan fingerprint density at radius 1 is 1.21 bits per heavy atom. The minimum Gasteiger partial charge on any atom is -0.350 e. The van der Waals surface area contributed by atoms with Crippen molar-refractivity contribution in [3.63, 3.8) is 0 Å². The molecular weight excluding hydrogens is 394 g/mol. The SMILES string of the molecule is Cc1ccc([C@@H](C)NC(=O)CCCN(c2cccc([N+](=O)[O-])c2)S(C)(=O)=O)cc1. The molecule has 0 unspecified atom stereocenters. The van der Waals surface area contributed by atoms with Gasteiger partial charge in [0.1, 0.15) is 0 Å². The van der Waals surface area contributed by atoms with Crippen LogP contribution in [0.25, 0.3) is 0 Å². The van der Waals surface area contributed by atoms with Crippen LogP contribution >= 0.6 is 0 Å². The van der Waals surface area contributed by atoms with Gasteiger partial charge in [0, 0.05) is 25.1 Å². The van der Waals surface area contributed by atoms with Crippen molar-refractivity contribution in [3.05, 3.63) is 69.8 Å². The molecule has 0 aliphatic carbocycles. The Morgan fingerprint density at radius 2 is 1.86 bits per heavy atom. The second-order valence-electron chi connectivity index (χ2n) is 6.92. The van der Waals surface area contributed by atoms with Gasteiger partial charge in [-0.15, -0.1) is 0 Å². The summed E-state index contributed by atoms with van der Waals surface area (Å²) in [4.78, 5) is 22.6. The summed E-state index contributed by atoms with van der Waals surface area (Å²) in [5.41, 5.74) is 2.13. The molecule has 8 nitrogen and oxygen atoms in total. The van der Waals surface area contributed by atoms with Crippen molar-refractivity contribution >= 4 is 27.3 Å².